The van der Waals surface area contributed by atoms with Gasteiger partial charge in [-0.1, -0.05) is 12.1 Å². The number of carbonyl (C=O) groups is 3. The number of thiophene rings is 1. The van der Waals surface area contributed by atoms with E-state index in [1.54, 1.807) is 16.3 Å². The highest BCUT2D eigenvalue weighted by Crippen LogP contribution is 2.21. The van der Waals surface area contributed by atoms with Crippen LogP contribution in [0.15, 0.2) is 41.1 Å². The van der Waals surface area contributed by atoms with Crippen LogP contribution in [0.3, 0.4) is 0 Å². The molecule has 0 unspecified atom stereocenters. The van der Waals surface area contributed by atoms with Crippen LogP contribution in [-0.2, 0) is 16.1 Å². The first-order valence-electron chi connectivity index (χ1n) is 9.10. The molecule has 1 aliphatic heterocycles. The zero-order valence-corrected chi connectivity index (χ0v) is 15.9. The fourth-order valence-electron chi connectivity index (χ4n) is 2.95. The standard InChI is InChI=1S/C20H23N3O3S/c24-18(3-1-10-21-20(26)16-9-12-27-14-16)22-13-15-5-7-17(8-6-15)23-11-2-4-19(23)25/h5-9,12,14H,1-4,10-11,13H2,(H,21,26)(H,22,24). The van der Waals surface area contributed by atoms with Gasteiger partial charge in [0.05, 0.1) is 0 Å². The SMILES string of the molecule is O=C(CCCNC(=O)c1ccsc1)NCc1ccc(N2CCCC2=O)cc1. The summed E-state index contributed by atoms with van der Waals surface area (Å²) in [5.74, 6) is 0.0222. The summed E-state index contributed by atoms with van der Waals surface area (Å²) in [7, 11) is 0. The first-order chi connectivity index (χ1) is 13.1. The molecule has 142 valence electrons. The molecule has 1 aromatic carbocycles. The minimum absolute atomic E-state index is 0.0430. The van der Waals surface area contributed by atoms with Crippen molar-refractivity contribution in [2.75, 3.05) is 18.0 Å². The van der Waals surface area contributed by atoms with Crippen molar-refractivity contribution >= 4 is 34.7 Å². The highest BCUT2D eigenvalue weighted by Gasteiger charge is 2.21. The second kappa shape index (κ2) is 9.32. The molecule has 1 saturated heterocycles. The number of rotatable bonds is 8. The van der Waals surface area contributed by atoms with Crippen LogP contribution in [0.25, 0.3) is 0 Å². The number of anilines is 1. The molecule has 2 heterocycles. The summed E-state index contributed by atoms with van der Waals surface area (Å²) < 4.78 is 0. The maximum absolute atomic E-state index is 11.9. The highest BCUT2D eigenvalue weighted by molar-refractivity contribution is 7.08. The first kappa shape index (κ1) is 19.1. The van der Waals surface area contributed by atoms with Gasteiger partial charge in [-0.3, -0.25) is 14.4 Å². The summed E-state index contributed by atoms with van der Waals surface area (Å²) in [5, 5.41) is 9.35. The molecule has 2 N–H and O–H groups in total. The van der Waals surface area contributed by atoms with Crippen molar-refractivity contribution in [2.24, 2.45) is 0 Å². The van der Waals surface area contributed by atoms with E-state index in [1.165, 1.54) is 11.3 Å². The summed E-state index contributed by atoms with van der Waals surface area (Å²) in [6.45, 7) is 1.70. The van der Waals surface area contributed by atoms with E-state index in [0.717, 1.165) is 24.2 Å². The van der Waals surface area contributed by atoms with Gasteiger partial charge < -0.3 is 15.5 Å². The van der Waals surface area contributed by atoms with E-state index in [4.69, 9.17) is 0 Å². The Morgan fingerprint density at radius 2 is 1.93 bits per heavy atom. The Bertz CT molecular complexity index is 787. The lowest BCUT2D eigenvalue weighted by Crippen LogP contribution is -2.27. The zero-order chi connectivity index (χ0) is 19.1. The number of hydrogen-bond donors (Lipinski definition) is 2. The van der Waals surface area contributed by atoms with E-state index >= 15 is 0 Å². The van der Waals surface area contributed by atoms with Crippen LogP contribution in [0.2, 0.25) is 0 Å². The normalized spacial score (nSPS) is 13.6. The Labute approximate surface area is 162 Å². The van der Waals surface area contributed by atoms with Gasteiger partial charge in [0.2, 0.25) is 11.8 Å². The van der Waals surface area contributed by atoms with Gasteiger partial charge in [0.15, 0.2) is 0 Å². The third-order valence-electron chi connectivity index (χ3n) is 4.46. The lowest BCUT2D eigenvalue weighted by atomic mass is 10.2. The molecule has 1 aromatic heterocycles. The van der Waals surface area contributed by atoms with Crippen molar-refractivity contribution in [1.29, 1.82) is 0 Å². The van der Waals surface area contributed by atoms with Crippen molar-refractivity contribution < 1.29 is 14.4 Å². The van der Waals surface area contributed by atoms with Crippen molar-refractivity contribution in [3.8, 4) is 0 Å². The minimum Gasteiger partial charge on any atom is -0.352 e. The molecule has 27 heavy (non-hydrogen) atoms. The van der Waals surface area contributed by atoms with Crippen LogP contribution in [0, 0.1) is 0 Å². The van der Waals surface area contributed by atoms with E-state index in [1.807, 2.05) is 29.6 Å². The van der Waals surface area contributed by atoms with Crippen LogP contribution in [0.4, 0.5) is 5.69 Å². The lowest BCUT2D eigenvalue weighted by molar-refractivity contribution is -0.121. The number of nitrogens with zero attached hydrogens (tertiary/aromatic N) is 1. The van der Waals surface area contributed by atoms with E-state index in [2.05, 4.69) is 10.6 Å². The molecule has 1 fully saturated rings. The minimum atomic E-state index is -0.103. The molecule has 1 aliphatic rings. The summed E-state index contributed by atoms with van der Waals surface area (Å²) in [5.41, 5.74) is 2.56. The monoisotopic (exact) mass is 385 g/mol. The molecule has 0 atom stereocenters. The first-order valence-corrected chi connectivity index (χ1v) is 10.0. The number of hydrogen-bond acceptors (Lipinski definition) is 4. The van der Waals surface area contributed by atoms with Crippen molar-refractivity contribution in [2.45, 2.75) is 32.2 Å². The summed E-state index contributed by atoms with van der Waals surface area (Å²) in [4.78, 5) is 37.3. The molecule has 3 amide bonds. The maximum Gasteiger partial charge on any atom is 0.252 e. The number of nitrogens with one attached hydrogen (secondary N) is 2. The molecular formula is C20H23N3O3S. The second-order valence-electron chi connectivity index (χ2n) is 6.46. The molecule has 7 heteroatoms. The Morgan fingerprint density at radius 1 is 1.11 bits per heavy atom. The molecule has 3 rings (SSSR count). The van der Waals surface area contributed by atoms with Crippen molar-refractivity contribution in [1.82, 2.24) is 10.6 Å². The van der Waals surface area contributed by atoms with Gasteiger partial charge in [0.25, 0.3) is 5.91 Å². The van der Waals surface area contributed by atoms with Gasteiger partial charge in [0, 0.05) is 49.1 Å². The predicted molar refractivity (Wildman–Crippen MR) is 106 cm³/mol. The smallest absolute Gasteiger partial charge is 0.252 e. The summed E-state index contributed by atoms with van der Waals surface area (Å²) in [6.07, 6.45) is 2.48. The molecule has 6 nitrogen and oxygen atoms in total. The zero-order valence-electron chi connectivity index (χ0n) is 15.1. The molecule has 0 aliphatic carbocycles. The number of amides is 3. The third kappa shape index (κ3) is 5.40. The van der Waals surface area contributed by atoms with Gasteiger partial charge in [-0.2, -0.15) is 11.3 Å². The van der Waals surface area contributed by atoms with Gasteiger partial charge in [0.1, 0.15) is 0 Å². The maximum atomic E-state index is 11.9. The lowest BCUT2D eigenvalue weighted by Gasteiger charge is -2.16. The quantitative estimate of drug-likeness (QED) is 0.686. The molecule has 0 saturated carbocycles. The van der Waals surface area contributed by atoms with Gasteiger partial charge in [-0.05, 0) is 42.0 Å². The fourth-order valence-corrected chi connectivity index (χ4v) is 3.59. The molecule has 0 radical (unpaired) electrons. The number of carbonyl (C=O) groups excluding carboxylic acids is 3. The topological polar surface area (TPSA) is 78.5 Å². The Balaban J connectivity index is 1.34. The average molecular weight is 385 g/mol. The largest absolute Gasteiger partial charge is 0.352 e. The Hall–Kier alpha value is -2.67. The van der Waals surface area contributed by atoms with Crippen molar-refractivity contribution in [3.63, 3.8) is 0 Å². The van der Waals surface area contributed by atoms with Crippen molar-refractivity contribution in [3.05, 3.63) is 52.2 Å². The summed E-state index contributed by atoms with van der Waals surface area (Å²) in [6, 6.07) is 9.48. The Kier molecular flexibility index (Phi) is 6.59. The van der Waals surface area contributed by atoms with E-state index in [0.29, 0.717) is 37.9 Å². The van der Waals surface area contributed by atoms with E-state index in [9.17, 15) is 14.4 Å². The highest BCUT2D eigenvalue weighted by atomic mass is 32.1. The summed E-state index contributed by atoms with van der Waals surface area (Å²) >= 11 is 1.48. The second-order valence-corrected chi connectivity index (χ2v) is 7.24. The van der Waals surface area contributed by atoms with Crippen LogP contribution >= 0.6 is 11.3 Å². The van der Waals surface area contributed by atoms with Gasteiger partial charge >= 0.3 is 0 Å². The van der Waals surface area contributed by atoms with Gasteiger partial charge in [-0.25, -0.2) is 0 Å². The number of benzene rings is 1. The van der Waals surface area contributed by atoms with E-state index < -0.39 is 0 Å². The molecule has 0 bridgehead atoms. The van der Waals surface area contributed by atoms with Crippen LogP contribution in [0.5, 0.6) is 0 Å². The van der Waals surface area contributed by atoms with E-state index in [-0.39, 0.29) is 17.7 Å². The van der Waals surface area contributed by atoms with Crippen LogP contribution in [0.1, 0.15) is 41.6 Å². The molecule has 0 spiro atoms. The van der Waals surface area contributed by atoms with Gasteiger partial charge in [-0.15, -0.1) is 0 Å². The predicted octanol–water partition coefficient (Wildman–Crippen LogP) is 2.70. The molecular weight excluding hydrogens is 362 g/mol. The average Bonchev–Trinajstić information content (AvgIpc) is 3.36. The third-order valence-corrected chi connectivity index (χ3v) is 5.14. The van der Waals surface area contributed by atoms with Crippen LogP contribution < -0.4 is 15.5 Å². The molecule has 2 aromatic rings. The fraction of sp³-hybridized carbons (Fsp3) is 0.350. The Morgan fingerprint density at radius 3 is 2.59 bits per heavy atom. The van der Waals surface area contributed by atoms with Crippen LogP contribution in [-0.4, -0.2) is 30.8 Å².